The number of ether oxygens (including phenoxy) is 1. The number of benzene rings is 1. The van der Waals surface area contributed by atoms with Gasteiger partial charge in [0.2, 0.25) is 0 Å². The predicted octanol–water partition coefficient (Wildman–Crippen LogP) is 0.983. The Morgan fingerprint density at radius 2 is 2.16 bits per heavy atom. The van der Waals surface area contributed by atoms with E-state index in [1.54, 1.807) is 0 Å². The molecule has 1 aliphatic heterocycles. The molecular formula is C18H25N3O3S. The zero-order valence-corrected chi connectivity index (χ0v) is 15.3. The van der Waals surface area contributed by atoms with Gasteiger partial charge in [-0.2, -0.15) is 0 Å². The third kappa shape index (κ3) is 6.67. The number of rotatable bonds is 7. The molecule has 1 aromatic rings. The smallest absolute Gasteiger partial charge is 0.191 e. The monoisotopic (exact) mass is 363 g/mol. The first-order chi connectivity index (χ1) is 12.0. The molecule has 0 aliphatic carbocycles. The van der Waals surface area contributed by atoms with E-state index in [0.29, 0.717) is 18.9 Å². The molecule has 1 saturated heterocycles. The summed E-state index contributed by atoms with van der Waals surface area (Å²) in [6.45, 7) is 3.58. The van der Waals surface area contributed by atoms with Gasteiger partial charge in [-0.3, -0.25) is 4.99 Å². The van der Waals surface area contributed by atoms with Crippen molar-refractivity contribution in [1.29, 1.82) is 0 Å². The molecule has 6 nitrogen and oxygen atoms in total. The fourth-order valence-corrected chi connectivity index (χ4v) is 4.27. The summed E-state index contributed by atoms with van der Waals surface area (Å²) in [4.78, 5) is 4.53. The van der Waals surface area contributed by atoms with Crippen LogP contribution in [0.15, 0.2) is 29.3 Å². The second-order valence-electron chi connectivity index (χ2n) is 5.89. The van der Waals surface area contributed by atoms with E-state index < -0.39 is 9.84 Å². The summed E-state index contributed by atoms with van der Waals surface area (Å²) in [5, 5.41) is 6.37. The molecule has 1 fully saturated rings. The lowest BCUT2D eigenvalue weighted by molar-refractivity contribution is 0.370. The molecule has 0 bridgehead atoms. The van der Waals surface area contributed by atoms with Crippen LogP contribution in [-0.4, -0.2) is 51.6 Å². The van der Waals surface area contributed by atoms with Crippen LogP contribution >= 0.6 is 0 Å². The average Bonchev–Trinajstić information content (AvgIpc) is 2.93. The first-order valence-corrected chi connectivity index (χ1v) is 10.2. The zero-order valence-electron chi connectivity index (χ0n) is 14.5. The lowest BCUT2D eigenvalue weighted by atomic mass is 10.1. The molecule has 0 radical (unpaired) electrons. The van der Waals surface area contributed by atoms with Crippen molar-refractivity contribution in [2.75, 3.05) is 31.2 Å². The molecule has 1 aliphatic rings. The summed E-state index contributed by atoms with van der Waals surface area (Å²) >= 11 is 0. The van der Waals surface area contributed by atoms with Gasteiger partial charge in [-0.05, 0) is 37.5 Å². The highest BCUT2D eigenvalue weighted by molar-refractivity contribution is 7.91. The van der Waals surface area contributed by atoms with E-state index >= 15 is 0 Å². The van der Waals surface area contributed by atoms with Crippen LogP contribution in [0.25, 0.3) is 0 Å². The van der Waals surface area contributed by atoms with Gasteiger partial charge in [0, 0.05) is 19.1 Å². The fourth-order valence-electron chi connectivity index (χ4n) is 2.60. The van der Waals surface area contributed by atoms with Crippen molar-refractivity contribution in [2.45, 2.75) is 25.8 Å². The lowest BCUT2D eigenvalue weighted by Crippen LogP contribution is -2.44. The molecule has 0 amide bonds. The zero-order chi connectivity index (χ0) is 18.1. The molecule has 25 heavy (non-hydrogen) atoms. The Kier molecular flexibility index (Phi) is 7.14. The van der Waals surface area contributed by atoms with Crippen molar-refractivity contribution in [3.8, 4) is 18.1 Å². The van der Waals surface area contributed by atoms with E-state index in [1.165, 1.54) is 0 Å². The molecule has 2 N–H and O–H groups in total. The highest BCUT2D eigenvalue weighted by atomic mass is 32.2. The van der Waals surface area contributed by atoms with Gasteiger partial charge >= 0.3 is 0 Å². The van der Waals surface area contributed by atoms with Crippen molar-refractivity contribution in [3.05, 3.63) is 29.8 Å². The number of aliphatic imine (C=N–C) groups is 1. The van der Waals surface area contributed by atoms with Crippen molar-refractivity contribution < 1.29 is 13.2 Å². The maximum Gasteiger partial charge on any atom is 0.191 e. The summed E-state index contributed by atoms with van der Waals surface area (Å²) in [7, 11) is -2.90. The van der Waals surface area contributed by atoms with E-state index in [-0.39, 0.29) is 24.2 Å². The summed E-state index contributed by atoms with van der Waals surface area (Å²) < 4.78 is 28.4. The van der Waals surface area contributed by atoms with Crippen LogP contribution in [0, 0.1) is 12.3 Å². The molecule has 2 rings (SSSR count). The third-order valence-electron chi connectivity index (χ3n) is 3.83. The van der Waals surface area contributed by atoms with Gasteiger partial charge in [-0.15, -0.1) is 6.42 Å². The number of nitrogens with zero attached hydrogens (tertiary/aromatic N) is 1. The largest absolute Gasteiger partial charge is 0.481 e. The van der Waals surface area contributed by atoms with E-state index in [2.05, 4.69) is 21.5 Å². The van der Waals surface area contributed by atoms with E-state index in [4.69, 9.17) is 11.2 Å². The van der Waals surface area contributed by atoms with Crippen LogP contribution in [0.5, 0.6) is 5.75 Å². The molecule has 1 atom stereocenters. The Labute approximate surface area is 150 Å². The minimum absolute atomic E-state index is 0.0598. The van der Waals surface area contributed by atoms with E-state index in [1.807, 2.05) is 31.2 Å². The van der Waals surface area contributed by atoms with Crippen molar-refractivity contribution >= 4 is 15.8 Å². The van der Waals surface area contributed by atoms with Gasteiger partial charge in [-0.25, -0.2) is 8.42 Å². The molecule has 1 heterocycles. The minimum Gasteiger partial charge on any atom is -0.481 e. The highest BCUT2D eigenvalue weighted by Gasteiger charge is 2.28. The minimum atomic E-state index is -2.90. The lowest BCUT2D eigenvalue weighted by Gasteiger charge is -2.15. The van der Waals surface area contributed by atoms with Gasteiger partial charge in [0.15, 0.2) is 15.8 Å². The van der Waals surface area contributed by atoms with Crippen molar-refractivity contribution in [3.63, 3.8) is 0 Å². The van der Waals surface area contributed by atoms with Crippen molar-refractivity contribution in [2.24, 2.45) is 4.99 Å². The second kappa shape index (κ2) is 9.33. The molecule has 0 spiro atoms. The third-order valence-corrected chi connectivity index (χ3v) is 5.60. The van der Waals surface area contributed by atoms with Crippen LogP contribution < -0.4 is 15.4 Å². The predicted molar refractivity (Wildman–Crippen MR) is 101 cm³/mol. The normalized spacial score (nSPS) is 19.2. The Hall–Kier alpha value is -2.20. The quantitative estimate of drug-likeness (QED) is 0.429. The maximum absolute atomic E-state index is 11.6. The second-order valence-corrected chi connectivity index (χ2v) is 8.12. The maximum atomic E-state index is 11.6. The summed E-state index contributed by atoms with van der Waals surface area (Å²) in [5.41, 5.74) is 1.15. The first kappa shape index (κ1) is 19.1. The van der Waals surface area contributed by atoms with E-state index in [9.17, 15) is 8.42 Å². The van der Waals surface area contributed by atoms with Crippen LogP contribution in [-0.2, 0) is 16.3 Å². The molecular weight excluding hydrogens is 338 g/mol. The standard InChI is InChI=1S/C18H25N3O3S/c1-3-12-24-17-7-5-15(6-8-17)9-11-20-18(19-4-2)21-16-10-13-25(22,23)14-16/h1,5-8,16H,4,9-14H2,2H3,(H2,19,20,21). The van der Waals surface area contributed by atoms with Gasteiger partial charge in [0.1, 0.15) is 12.4 Å². The number of nitrogens with one attached hydrogen (secondary N) is 2. The Morgan fingerprint density at radius 1 is 1.40 bits per heavy atom. The van der Waals surface area contributed by atoms with Crippen molar-refractivity contribution in [1.82, 2.24) is 10.6 Å². The van der Waals surface area contributed by atoms with Gasteiger partial charge in [0.25, 0.3) is 0 Å². The topological polar surface area (TPSA) is 79.8 Å². The molecule has 0 aromatic heterocycles. The Bertz CT molecular complexity index is 721. The van der Waals surface area contributed by atoms with Crippen LogP contribution in [0.4, 0.5) is 0 Å². The summed E-state index contributed by atoms with van der Waals surface area (Å²) in [6, 6.07) is 7.71. The summed E-state index contributed by atoms with van der Waals surface area (Å²) in [6.07, 6.45) is 6.58. The van der Waals surface area contributed by atoms with Gasteiger partial charge < -0.3 is 15.4 Å². The molecule has 1 unspecified atom stereocenters. The number of terminal acetylenes is 1. The number of guanidine groups is 1. The van der Waals surface area contributed by atoms with Crippen LogP contribution in [0.3, 0.4) is 0 Å². The van der Waals surface area contributed by atoms with Crippen LogP contribution in [0.2, 0.25) is 0 Å². The van der Waals surface area contributed by atoms with Gasteiger partial charge in [-0.1, -0.05) is 18.1 Å². The average molecular weight is 363 g/mol. The van der Waals surface area contributed by atoms with E-state index in [0.717, 1.165) is 24.3 Å². The number of hydrogen-bond donors (Lipinski definition) is 2. The summed E-state index contributed by atoms with van der Waals surface area (Å²) in [5.74, 6) is 4.28. The Balaban J connectivity index is 1.85. The number of hydrogen-bond acceptors (Lipinski definition) is 4. The first-order valence-electron chi connectivity index (χ1n) is 8.43. The molecule has 0 saturated carbocycles. The molecule has 1 aromatic carbocycles. The molecule has 7 heteroatoms. The number of sulfone groups is 1. The Morgan fingerprint density at radius 3 is 2.76 bits per heavy atom. The SMILES string of the molecule is C#CCOc1ccc(CCN=C(NCC)NC2CCS(=O)(=O)C2)cc1. The molecule has 136 valence electrons. The fraction of sp³-hybridized carbons (Fsp3) is 0.500. The van der Waals surface area contributed by atoms with Crippen LogP contribution in [0.1, 0.15) is 18.9 Å². The highest BCUT2D eigenvalue weighted by Crippen LogP contribution is 2.13. The van der Waals surface area contributed by atoms with Gasteiger partial charge in [0.05, 0.1) is 11.5 Å².